The van der Waals surface area contributed by atoms with Crippen LogP contribution in [0.25, 0.3) is 0 Å². The minimum absolute atomic E-state index is 0.0166. The molecule has 0 aromatic carbocycles. The van der Waals surface area contributed by atoms with E-state index in [4.69, 9.17) is 37.0 Å². The number of ether oxygens (including phenoxy) is 4. The maximum atomic E-state index is 12.5. The summed E-state index contributed by atoms with van der Waals surface area (Å²) in [6, 6.07) is 0. The van der Waals surface area contributed by atoms with Crippen molar-refractivity contribution in [3.8, 4) is 0 Å². The standard InChI is InChI=1S/C35H66O17P2/c1-5-9-11-13-14-15-17-19-22-34(39)46-26-31(52-35(40)20-7-3)28-50-54(43,44)48-24-29(36)23-47-53(41,42)49-27-30(51-32(37)8-4)25-45-33(38)21-18-16-12-10-6-2/h29-31,36H,5-28H2,1-4H3,(H,41,42)(H,43,44)/t29-,30-,31-/m1/s1. The number of hydrogen-bond donors (Lipinski definition) is 3. The van der Waals surface area contributed by atoms with E-state index >= 15 is 0 Å². The molecule has 0 saturated heterocycles. The third-order valence-corrected chi connectivity index (χ3v) is 9.53. The highest BCUT2D eigenvalue weighted by Crippen LogP contribution is 2.45. The molecule has 3 N–H and O–H groups in total. The summed E-state index contributed by atoms with van der Waals surface area (Å²) >= 11 is 0. The summed E-state index contributed by atoms with van der Waals surface area (Å²) < 4.78 is 64.8. The second kappa shape index (κ2) is 32.2. The van der Waals surface area contributed by atoms with Crippen LogP contribution in [0.2, 0.25) is 0 Å². The lowest BCUT2D eigenvalue weighted by Crippen LogP contribution is -2.30. The molecule has 0 aromatic heterocycles. The number of hydrogen-bond acceptors (Lipinski definition) is 15. The minimum atomic E-state index is -4.88. The molecule has 0 rings (SSSR count). The molecule has 0 radical (unpaired) electrons. The van der Waals surface area contributed by atoms with Crippen LogP contribution in [0.3, 0.4) is 0 Å². The number of carbonyl (C=O) groups is 4. The predicted octanol–water partition coefficient (Wildman–Crippen LogP) is 6.63. The number of carbonyl (C=O) groups excluding carboxylic acids is 4. The number of rotatable bonds is 36. The highest BCUT2D eigenvalue weighted by Gasteiger charge is 2.30. The summed E-state index contributed by atoms with van der Waals surface area (Å²) in [5.41, 5.74) is 0. The summed E-state index contributed by atoms with van der Waals surface area (Å²) in [6.45, 7) is 3.49. The molecule has 318 valence electrons. The van der Waals surface area contributed by atoms with Crippen LogP contribution in [0.15, 0.2) is 0 Å². The predicted molar refractivity (Wildman–Crippen MR) is 197 cm³/mol. The van der Waals surface area contributed by atoms with Gasteiger partial charge in [-0.3, -0.25) is 37.3 Å². The van der Waals surface area contributed by atoms with Crippen LogP contribution in [0.5, 0.6) is 0 Å². The third kappa shape index (κ3) is 31.3. The summed E-state index contributed by atoms with van der Waals surface area (Å²) in [5, 5.41) is 10.1. The van der Waals surface area contributed by atoms with Crippen molar-refractivity contribution in [2.45, 2.75) is 162 Å². The number of phosphoric acid groups is 2. The molecule has 54 heavy (non-hydrogen) atoms. The molecule has 17 nitrogen and oxygen atoms in total. The van der Waals surface area contributed by atoms with E-state index < -0.39 is 97.5 Å². The molecule has 0 heterocycles. The monoisotopic (exact) mass is 820 g/mol. The Morgan fingerprint density at radius 1 is 0.463 bits per heavy atom. The average Bonchev–Trinajstić information content (AvgIpc) is 3.13. The Bertz CT molecular complexity index is 1120. The molecular weight excluding hydrogens is 754 g/mol. The molecule has 0 aliphatic carbocycles. The second-order valence-electron chi connectivity index (χ2n) is 12.9. The van der Waals surface area contributed by atoms with Crippen LogP contribution in [-0.4, -0.2) is 96.7 Å². The molecule has 19 heteroatoms. The Hall–Kier alpha value is -1.94. The second-order valence-corrected chi connectivity index (χ2v) is 15.8. The van der Waals surface area contributed by atoms with Gasteiger partial charge in [0.2, 0.25) is 0 Å². The topological polar surface area (TPSA) is 237 Å². The molecule has 5 atom stereocenters. The molecule has 0 aliphatic rings. The average molecular weight is 821 g/mol. The fraction of sp³-hybridized carbons (Fsp3) is 0.886. The van der Waals surface area contributed by atoms with Crippen LogP contribution in [0.4, 0.5) is 0 Å². The molecule has 0 aliphatic heterocycles. The zero-order valence-electron chi connectivity index (χ0n) is 32.7. The Labute approximate surface area is 320 Å². The van der Waals surface area contributed by atoms with Crippen LogP contribution >= 0.6 is 15.6 Å². The fourth-order valence-electron chi connectivity index (χ4n) is 4.58. The van der Waals surface area contributed by atoms with Gasteiger partial charge in [-0.25, -0.2) is 9.13 Å². The van der Waals surface area contributed by atoms with Gasteiger partial charge in [0.25, 0.3) is 0 Å². The van der Waals surface area contributed by atoms with Gasteiger partial charge in [0.05, 0.1) is 26.4 Å². The van der Waals surface area contributed by atoms with Crippen molar-refractivity contribution in [2.24, 2.45) is 0 Å². The van der Waals surface area contributed by atoms with Gasteiger partial charge in [-0.1, -0.05) is 98.3 Å². The zero-order chi connectivity index (χ0) is 40.7. The summed E-state index contributed by atoms with van der Waals surface area (Å²) in [4.78, 5) is 68.3. The van der Waals surface area contributed by atoms with E-state index in [1.54, 1.807) is 6.92 Å². The van der Waals surface area contributed by atoms with Crippen molar-refractivity contribution in [3.05, 3.63) is 0 Å². The van der Waals surface area contributed by atoms with E-state index in [9.17, 15) is 43.2 Å². The lowest BCUT2D eigenvalue weighted by Gasteiger charge is -2.21. The van der Waals surface area contributed by atoms with Gasteiger partial charge < -0.3 is 33.8 Å². The maximum Gasteiger partial charge on any atom is 0.472 e. The number of esters is 4. The zero-order valence-corrected chi connectivity index (χ0v) is 34.4. The molecule has 0 spiro atoms. The highest BCUT2D eigenvalue weighted by atomic mass is 31.2. The molecular formula is C35H66O17P2. The van der Waals surface area contributed by atoms with Crippen molar-refractivity contribution in [1.82, 2.24) is 0 Å². The first-order chi connectivity index (χ1) is 25.7. The fourth-order valence-corrected chi connectivity index (χ4v) is 6.16. The lowest BCUT2D eigenvalue weighted by atomic mass is 10.1. The van der Waals surface area contributed by atoms with E-state index in [0.717, 1.165) is 51.4 Å². The normalized spacial score (nSPS) is 15.3. The van der Waals surface area contributed by atoms with Crippen molar-refractivity contribution < 1.29 is 80.2 Å². The number of phosphoric ester groups is 2. The lowest BCUT2D eigenvalue weighted by molar-refractivity contribution is -0.161. The van der Waals surface area contributed by atoms with Crippen molar-refractivity contribution in [2.75, 3.05) is 39.6 Å². The highest BCUT2D eigenvalue weighted by molar-refractivity contribution is 7.47. The van der Waals surface area contributed by atoms with E-state index in [0.29, 0.717) is 19.3 Å². The Balaban J connectivity index is 4.78. The number of unbranched alkanes of at least 4 members (excludes halogenated alkanes) is 11. The van der Waals surface area contributed by atoms with Crippen LogP contribution < -0.4 is 0 Å². The molecule has 0 aromatic rings. The maximum absolute atomic E-state index is 12.5. The Kier molecular flexibility index (Phi) is 31.0. The smallest absolute Gasteiger partial charge is 0.462 e. The van der Waals surface area contributed by atoms with Gasteiger partial charge in [0.15, 0.2) is 12.2 Å². The van der Waals surface area contributed by atoms with Crippen molar-refractivity contribution >= 4 is 39.5 Å². The summed E-state index contributed by atoms with van der Waals surface area (Å²) in [7, 11) is -9.75. The van der Waals surface area contributed by atoms with Gasteiger partial charge in [0.1, 0.15) is 19.3 Å². The van der Waals surface area contributed by atoms with Gasteiger partial charge >= 0.3 is 39.5 Å². The molecule has 0 amide bonds. The molecule has 0 bridgehead atoms. The molecule has 0 saturated carbocycles. The van der Waals surface area contributed by atoms with E-state index in [1.807, 2.05) is 0 Å². The first kappa shape index (κ1) is 52.1. The Morgan fingerprint density at radius 2 is 0.833 bits per heavy atom. The first-order valence-corrected chi connectivity index (χ1v) is 22.3. The Morgan fingerprint density at radius 3 is 1.22 bits per heavy atom. The van der Waals surface area contributed by atoms with Gasteiger partial charge in [-0.15, -0.1) is 0 Å². The third-order valence-electron chi connectivity index (χ3n) is 7.63. The molecule has 0 fully saturated rings. The minimum Gasteiger partial charge on any atom is -0.462 e. The van der Waals surface area contributed by atoms with Gasteiger partial charge in [-0.2, -0.15) is 0 Å². The van der Waals surface area contributed by atoms with E-state index in [-0.39, 0.29) is 25.7 Å². The van der Waals surface area contributed by atoms with E-state index in [1.165, 1.54) is 26.2 Å². The van der Waals surface area contributed by atoms with Crippen LogP contribution in [0.1, 0.15) is 143 Å². The van der Waals surface area contributed by atoms with Crippen molar-refractivity contribution in [3.63, 3.8) is 0 Å². The van der Waals surface area contributed by atoms with Gasteiger partial charge in [0, 0.05) is 25.7 Å². The number of aliphatic hydroxyl groups excluding tert-OH is 1. The number of aliphatic hydroxyl groups is 1. The van der Waals surface area contributed by atoms with Crippen LogP contribution in [-0.2, 0) is 65.4 Å². The van der Waals surface area contributed by atoms with Crippen molar-refractivity contribution in [1.29, 1.82) is 0 Å². The first-order valence-electron chi connectivity index (χ1n) is 19.3. The summed E-state index contributed by atoms with van der Waals surface area (Å²) in [5.74, 6) is -2.34. The SMILES string of the molecule is CCCCCCCCCCC(=O)OC[C@H](COP(=O)(O)OC[C@H](O)COP(=O)(O)OC[C@@H](COC(=O)CCCCCCC)OC(=O)CC)OC(=O)CCC. The largest absolute Gasteiger partial charge is 0.472 e. The molecule has 2 unspecified atom stereocenters. The quantitative estimate of drug-likeness (QED) is 0.0260. The van der Waals surface area contributed by atoms with Crippen LogP contribution in [0, 0.1) is 0 Å². The summed E-state index contributed by atoms with van der Waals surface area (Å²) in [6.07, 6.45) is 9.65. The van der Waals surface area contributed by atoms with Gasteiger partial charge in [-0.05, 0) is 19.3 Å². The van der Waals surface area contributed by atoms with E-state index in [2.05, 4.69) is 13.8 Å².